The molecular formula is C23H17F8NO2. The first-order valence-electron chi connectivity index (χ1n) is 9.73. The highest BCUT2D eigenvalue weighted by atomic mass is 19.4. The summed E-state index contributed by atoms with van der Waals surface area (Å²) in [5.41, 5.74) is -2.94. The summed E-state index contributed by atoms with van der Waals surface area (Å²) < 4.78 is 113. The van der Waals surface area contributed by atoms with Crippen molar-refractivity contribution in [1.82, 2.24) is 0 Å². The van der Waals surface area contributed by atoms with Crippen molar-refractivity contribution in [3.8, 4) is 11.5 Å². The standard InChI is InChI=1S/C23H17F8NO2/c24-19-10-9-18(22(26,27)28)21(25)17(19)12-32(13-20(33)23(29,30)31)14-5-4-8-16(11-14)34-15-6-2-1-3-7-15/h1-11,20,33H,12-13H2/t20-/m1/s1. The van der Waals surface area contributed by atoms with Gasteiger partial charge in [0, 0.05) is 23.9 Å². The number of ether oxygens (including phenoxy) is 1. The number of alkyl halides is 6. The van der Waals surface area contributed by atoms with Crippen LogP contribution in [0.2, 0.25) is 0 Å². The Morgan fingerprint density at radius 2 is 1.47 bits per heavy atom. The minimum atomic E-state index is -5.15. The summed E-state index contributed by atoms with van der Waals surface area (Å²) in [6, 6.07) is 14.2. The van der Waals surface area contributed by atoms with Crippen molar-refractivity contribution in [2.75, 3.05) is 11.4 Å². The quantitative estimate of drug-likeness (QED) is 0.373. The van der Waals surface area contributed by atoms with Crippen LogP contribution in [0.5, 0.6) is 11.5 Å². The Balaban J connectivity index is 2.00. The van der Waals surface area contributed by atoms with Crippen LogP contribution in [0.15, 0.2) is 66.7 Å². The third kappa shape index (κ3) is 6.16. The number of para-hydroxylation sites is 1. The lowest BCUT2D eigenvalue weighted by Gasteiger charge is -2.29. The van der Waals surface area contributed by atoms with Crippen LogP contribution in [-0.4, -0.2) is 23.9 Å². The molecule has 3 aromatic carbocycles. The fourth-order valence-corrected chi connectivity index (χ4v) is 3.09. The van der Waals surface area contributed by atoms with Crippen LogP contribution < -0.4 is 9.64 Å². The molecule has 1 N–H and O–H groups in total. The zero-order valence-electron chi connectivity index (χ0n) is 17.2. The van der Waals surface area contributed by atoms with Crippen LogP contribution in [0, 0.1) is 11.6 Å². The zero-order chi connectivity index (χ0) is 25.1. The maximum atomic E-state index is 14.5. The summed E-state index contributed by atoms with van der Waals surface area (Å²) in [4.78, 5) is 0.720. The molecule has 11 heteroatoms. The normalized spacial score (nSPS) is 13.0. The molecule has 0 bridgehead atoms. The fraction of sp³-hybridized carbons (Fsp3) is 0.217. The van der Waals surface area contributed by atoms with Gasteiger partial charge >= 0.3 is 12.4 Å². The van der Waals surface area contributed by atoms with Gasteiger partial charge in [-0.2, -0.15) is 26.3 Å². The second-order valence-electron chi connectivity index (χ2n) is 7.24. The molecule has 0 heterocycles. The first-order chi connectivity index (χ1) is 15.9. The summed E-state index contributed by atoms with van der Waals surface area (Å²) in [7, 11) is 0. The maximum absolute atomic E-state index is 14.5. The molecule has 0 aliphatic heterocycles. The van der Waals surface area contributed by atoms with Crippen molar-refractivity contribution in [2.24, 2.45) is 0 Å². The third-order valence-corrected chi connectivity index (χ3v) is 4.77. The lowest BCUT2D eigenvalue weighted by atomic mass is 10.1. The van der Waals surface area contributed by atoms with E-state index in [0.717, 1.165) is 4.90 Å². The van der Waals surface area contributed by atoms with Crippen LogP contribution >= 0.6 is 0 Å². The molecule has 3 rings (SSSR count). The minimum absolute atomic E-state index is 0.0760. The lowest BCUT2D eigenvalue weighted by Crippen LogP contribution is -2.41. The summed E-state index contributed by atoms with van der Waals surface area (Å²) >= 11 is 0. The van der Waals surface area contributed by atoms with Crippen molar-refractivity contribution in [1.29, 1.82) is 0 Å². The second kappa shape index (κ2) is 9.88. The number of anilines is 1. The molecule has 0 aromatic heterocycles. The zero-order valence-corrected chi connectivity index (χ0v) is 17.2. The van der Waals surface area contributed by atoms with Gasteiger partial charge in [-0.05, 0) is 36.4 Å². The Bertz CT molecular complexity index is 1120. The average molecular weight is 491 g/mol. The molecule has 0 fully saturated rings. The van der Waals surface area contributed by atoms with Crippen molar-refractivity contribution < 1.29 is 45.0 Å². The largest absolute Gasteiger partial charge is 0.457 e. The number of rotatable bonds is 7. The van der Waals surface area contributed by atoms with Gasteiger partial charge in [0.1, 0.15) is 23.1 Å². The number of hydrogen-bond acceptors (Lipinski definition) is 3. The minimum Gasteiger partial charge on any atom is -0.457 e. The fourth-order valence-electron chi connectivity index (χ4n) is 3.09. The van der Waals surface area contributed by atoms with Crippen LogP contribution in [0.25, 0.3) is 0 Å². The van der Waals surface area contributed by atoms with Gasteiger partial charge in [0.15, 0.2) is 6.10 Å². The van der Waals surface area contributed by atoms with E-state index in [2.05, 4.69) is 0 Å². The van der Waals surface area contributed by atoms with Gasteiger partial charge in [-0.15, -0.1) is 0 Å². The number of hydrogen-bond donors (Lipinski definition) is 1. The first-order valence-corrected chi connectivity index (χ1v) is 9.73. The van der Waals surface area contributed by atoms with E-state index in [1.165, 1.54) is 24.3 Å². The van der Waals surface area contributed by atoms with E-state index in [1.54, 1.807) is 30.3 Å². The molecule has 182 valence electrons. The van der Waals surface area contributed by atoms with Gasteiger partial charge in [0.25, 0.3) is 0 Å². The van der Waals surface area contributed by atoms with Gasteiger partial charge in [-0.1, -0.05) is 24.3 Å². The van der Waals surface area contributed by atoms with Crippen molar-refractivity contribution in [2.45, 2.75) is 25.0 Å². The van der Waals surface area contributed by atoms with Gasteiger partial charge in [0.05, 0.1) is 12.1 Å². The maximum Gasteiger partial charge on any atom is 0.419 e. The van der Waals surface area contributed by atoms with Gasteiger partial charge in [0.2, 0.25) is 0 Å². The molecule has 0 unspecified atom stereocenters. The summed E-state index contributed by atoms with van der Waals surface area (Å²) in [5.74, 6) is -2.80. The molecule has 0 amide bonds. The van der Waals surface area contributed by atoms with E-state index in [1.807, 2.05) is 0 Å². The molecule has 0 spiro atoms. The van der Waals surface area contributed by atoms with E-state index < -0.39 is 54.3 Å². The van der Waals surface area contributed by atoms with Gasteiger partial charge < -0.3 is 14.7 Å². The van der Waals surface area contributed by atoms with E-state index in [-0.39, 0.29) is 17.5 Å². The molecule has 3 aromatic rings. The molecular weight excluding hydrogens is 474 g/mol. The molecule has 3 nitrogen and oxygen atoms in total. The van der Waals surface area contributed by atoms with Crippen LogP contribution in [0.4, 0.5) is 40.8 Å². The van der Waals surface area contributed by atoms with E-state index in [9.17, 15) is 40.2 Å². The Morgan fingerprint density at radius 3 is 2.09 bits per heavy atom. The van der Waals surface area contributed by atoms with Crippen molar-refractivity contribution in [3.05, 3.63) is 89.5 Å². The third-order valence-electron chi connectivity index (χ3n) is 4.77. The molecule has 1 atom stereocenters. The monoisotopic (exact) mass is 491 g/mol. The average Bonchev–Trinajstić information content (AvgIpc) is 2.75. The number of aliphatic hydroxyl groups excluding tert-OH is 1. The second-order valence-corrected chi connectivity index (χ2v) is 7.24. The Labute approximate surface area is 188 Å². The smallest absolute Gasteiger partial charge is 0.419 e. The Hall–Kier alpha value is -3.34. The van der Waals surface area contributed by atoms with E-state index in [4.69, 9.17) is 4.74 Å². The molecule has 34 heavy (non-hydrogen) atoms. The highest BCUT2D eigenvalue weighted by Gasteiger charge is 2.40. The highest BCUT2D eigenvalue weighted by Crippen LogP contribution is 2.35. The highest BCUT2D eigenvalue weighted by molar-refractivity contribution is 5.52. The summed E-state index contributed by atoms with van der Waals surface area (Å²) in [5, 5.41) is 9.56. The van der Waals surface area contributed by atoms with Crippen LogP contribution in [0.1, 0.15) is 11.1 Å². The molecule has 0 aliphatic rings. The van der Waals surface area contributed by atoms with E-state index in [0.29, 0.717) is 11.8 Å². The summed E-state index contributed by atoms with van der Waals surface area (Å²) in [6.07, 6.45) is -13.2. The predicted molar refractivity (Wildman–Crippen MR) is 107 cm³/mol. The molecule has 0 saturated carbocycles. The topological polar surface area (TPSA) is 32.7 Å². The first kappa shape index (κ1) is 25.3. The van der Waals surface area contributed by atoms with Crippen molar-refractivity contribution >= 4 is 5.69 Å². The van der Waals surface area contributed by atoms with Crippen molar-refractivity contribution in [3.63, 3.8) is 0 Å². The lowest BCUT2D eigenvalue weighted by molar-refractivity contribution is -0.200. The number of nitrogens with zero attached hydrogens (tertiary/aromatic N) is 1. The Kier molecular flexibility index (Phi) is 7.35. The number of halogens is 8. The molecule has 0 saturated heterocycles. The molecule has 0 aliphatic carbocycles. The summed E-state index contributed by atoms with van der Waals surface area (Å²) in [6.45, 7) is -2.23. The predicted octanol–water partition coefficient (Wildman–Crippen LogP) is 6.71. The van der Waals surface area contributed by atoms with Gasteiger partial charge in [-0.3, -0.25) is 0 Å². The van der Waals surface area contributed by atoms with Crippen LogP contribution in [0.3, 0.4) is 0 Å². The Morgan fingerprint density at radius 1 is 0.824 bits per heavy atom. The van der Waals surface area contributed by atoms with E-state index >= 15 is 0 Å². The number of benzene rings is 3. The molecule has 0 radical (unpaired) electrons. The van der Waals surface area contributed by atoms with Crippen LogP contribution in [-0.2, 0) is 12.7 Å². The van der Waals surface area contributed by atoms with Gasteiger partial charge in [-0.25, -0.2) is 8.78 Å². The SMILES string of the molecule is O[C@H](CN(Cc1c(F)ccc(C(F)(F)F)c1F)c1cccc(Oc2ccccc2)c1)C(F)(F)F. The number of aliphatic hydroxyl groups is 1.